The van der Waals surface area contributed by atoms with Crippen LogP contribution < -0.4 is 5.73 Å². The van der Waals surface area contributed by atoms with Gasteiger partial charge in [-0.25, -0.2) is 12.8 Å². The highest BCUT2D eigenvalue weighted by atomic mass is 32.2. The van der Waals surface area contributed by atoms with Crippen molar-refractivity contribution in [3.63, 3.8) is 0 Å². The molecule has 0 saturated heterocycles. The molecule has 1 aromatic carbocycles. The Morgan fingerprint density at radius 3 is 2.64 bits per heavy atom. The minimum atomic E-state index is -3.13. The van der Waals surface area contributed by atoms with E-state index in [0.29, 0.717) is 5.56 Å². The van der Waals surface area contributed by atoms with Crippen LogP contribution in [0.2, 0.25) is 0 Å². The lowest BCUT2D eigenvalue weighted by atomic mass is 10.1. The number of rotatable bonds is 3. The molecule has 78 valence electrons. The van der Waals surface area contributed by atoms with Crippen molar-refractivity contribution in [3.8, 4) is 0 Å². The first-order chi connectivity index (χ1) is 6.38. The number of hydrogen-bond donors (Lipinski definition) is 1. The molecule has 0 fully saturated rings. The van der Waals surface area contributed by atoms with E-state index in [1.807, 2.05) is 0 Å². The number of halogens is 1. The zero-order valence-corrected chi connectivity index (χ0v) is 8.59. The van der Waals surface area contributed by atoms with Crippen LogP contribution in [0.1, 0.15) is 11.6 Å². The van der Waals surface area contributed by atoms with E-state index in [0.717, 1.165) is 6.26 Å². The monoisotopic (exact) mass is 217 g/mol. The summed E-state index contributed by atoms with van der Waals surface area (Å²) in [6.45, 7) is 0. The van der Waals surface area contributed by atoms with Gasteiger partial charge in [-0.05, 0) is 17.7 Å². The molecule has 0 aliphatic rings. The Bertz CT molecular complexity index is 417. The summed E-state index contributed by atoms with van der Waals surface area (Å²) in [5.74, 6) is -0.581. The van der Waals surface area contributed by atoms with Crippen LogP contribution in [0.25, 0.3) is 0 Å². The minimum Gasteiger partial charge on any atom is -0.323 e. The second-order valence-electron chi connectivity index (χ2n) is 3.25. The van der Waals surface area contributed by atoms with Crippen molar-refractivity contribution in [3.05, 3.63) is 35.6 Å². The SMILES string of the molecule is CS(=O)(=O)C[C@@H](N)c1cccc(F)c1. The van der Waals surface area contributed by atoms with Gasteiger partial charge in [-0.2, -0.15) is 0 Å². The van der Waals surface area contributed by atoms with Gasteiger partial charge in [-0.1, -0.05) is 12.1 Å². The molecule has 0 bridgehead atoms. The highest BCUT2D eigenvalue weighted by Gasteiger charge is 2.13. The van der Waals surface area contributed by atoms with Gasteiger partial charge >= 0.3 is 0 Å². The largest absolute Gasteiger partial charge is 0.323 e. The van der Waals surface area contributed by atoms with E-state index in [1.54, 1.807) is 6.07 Å². The van der Waals surface area contributed by atoms with Crippen LogP contribution in [-0.4, -0.2) is 20.4 Å². The molecule has 14 heavy (non-hydrogen) atoms. The van der Waals surface area contributed by atoms with E-state index in [1.165, 1.54) is 18.2 Å². The molecule has 0 unspecified atom stereocenters. The molecule has 1 aromatic rings. The van der Waals surface area contributed by atoms with Gasteiger partial charge in [0.15, 0.2) is 0 Å². The van der Waals surface area contributed by atoms with Crippen LogP contribution in [0.5, 0.6) is 0 Å². The third-order valence-corrected chi connectivity index (χ3v) is 2.72. The lowest BCUT2D eigenvalue weighted by Crippen LogP contribution is -2.20. The van der Waals surface area contributed by atoms with E-state index in [2.05, 4.69) is 0 Å². The molecule has 0 saturated carbocycles. The van der Waals surface area contributed by atoms with Gasteiger partial charge in [0, 0.05) is 12.3 Å². The van der Waals surface area contributed by atoms with Crippen molar-refractivity contribution in [1.82, 2.24) is 0 Å². The molecule has 0 spiro atoms. The summed E-state index contributed by atoms with van der Waals surface area (Å²) < 4.78 is 34.6. The Morgan fingerprint density at radius 1 is 1.50 bits per heavy atom. The highest BCUT2D eigenvalue weighted by molar-refractivity contribution is 7.90. The van der Waals surface area contributed by atoms with Crippen LogP contribution in [0.4, 0.5) is 4.39 Å². The lowest BCUT2D eigenvalue weighted by Gasteiger charge is -2.10. The molecule has 0 heterocycles. The average molecular weight is 217 g/mol. The maximum absolute atomic E-state index is 12.8. The van der Waals surface area contributed by atoms with Crippen LogP contribution in [0.15, 0.2) is 24.3 Å². The Hall–Kier alpha value is -0.940. The summed E-state index contributed by atoms with van der Waals surface area (Å²) in [7, 11) is -3.13. The van der Waals surface area contributed by atoms with E-state index in [-0.39, 0.29) is 5.75 Å². The Balaban J connectivity index is 2.85. The molecule has 0 aliphatic carbocycles. The van der Waals surface area contributed by atoms with Crippen molar-refractivity contribution in [2.45, 2.75) is 6.04 Å². The van der Waals surface area contributed by atoms with Gasteiger partial charge < -0.3 is 5.73 Å². The van der Waals surface area contributed by atoms with E-state index >= 15 is 0 Å². The second-order valence-corrected chi connectivity index (χ2v) is 5.44. The fraction of sp³-hybridized carbons (Fsp3) is 0.333. The van der Waals surface area contributed by atoms with E-state index in [4.69, 9.17) is 5.73 Å². The standard InChI is InChI=1S/C9H12FNO2S/c1-14(12,13)6-9(11)7-3-2-4-8(10)5-7/h2-5,9H,6,11H2,1H3/t9-/m1/s1. The summed E-state index contributed by atoms with van der Waals surface area (Å²) in [6.07, 6.45) is 1.10. The predicted molar refractivity (Wildman–Crippen MR) is 53.0 cm³/mol. The Labute approximate surface area is 82.7 Å². The molecule has 1 atom stereocenters. The van der Waals surface area contributed by atoms with Gasteiger partial charge in [0.2, 0.25) is 0 Å². The average Bonchev–Trinajstić information content (AvgIpc) is 2.01. The number of benzene rings is 1. The molecule has 0 aromatic heterocycles. The summed E-state index contributed by atoms with van der Waals surface area (Å²) >= 11 is 0. The summed E-state index contributed by atoms with van der Waals surface area (Å²) in [5.41, 5.74) is 6.10. The molecule has 0 aliphatic heterocycles. The van der Waals surface area contributed by atoms with Crippen molar-refractivity contribution in [2.75, 3.05) is 12.0 Å². The van der Waals surface area contributed by atoms with Gasteiger partial charge in [-0.3, -0.25) is 0 Å². The van der Waals surface area contributed by atoms with Crippen LogP contribution in [0.3, 0.4) is 0 Å². The molecule has 3 nitrogen and oxygen atoms in total. The number of hydrogen-bond acceptors (Lipinski definition) is 3. The first-order valence-electron chi connectivity index (χ1n) is 4.07. The highest BCUT2D eigenvalue weighted by Crippen LogP contribution is 2.13. The van der Waals surface area contributed by atoms with Crippen molar-refractivity contribution >= 4 is 9.84 Å². The number of nitrogens with two attached hydrogens (primary N) is 1. The maximum Gasteiger partial charge on any atom is 0.149 e. The zero-order chi connectivity index (χ0) is 10.8. The fourth-order valence-electron chi connectivity index (χ4n) is 1.16. The van der Waals surface area contributed by atoms with Gasteiger partial charge in [-0.15, -0.1) is 0 Å². The quantitative estimate of drug-likeness (QED) is 0.817. The van der Waals surface area contributed by atoms with Crippen molar-refractivity contribution in [1.29, 1.82) is 0 Å². The predicted octanol–water partition coefficient (Wildman–Crippen LogP) is 0.870. The lowest BCUT2D eigenvalue weighted by molar-refractivity contribution is 0.592. The molecular formula is C9H12FNO2S. The van der Waals surface area contributed by atoms with Crippen LogP contribution >= 0.6 is 0 Å². The smallest absolute Gasteiger partial charge is 0.149 e. The summed E-state index contributed by atoms with van der Waals surface area (Å²) in [4.78, 5) is 0. The van der Waals surface area contributed by atoms with Crippen molar-refractivity contribution in [2.24, 2.45) is 5.73 Å². The van der Waals surface area contributed by atoms with Gasteiger partial charge in [0.1, 0.15) is 15.7 Å². The number of sulfone groups is 1. The first kappa shape index (κ1) is 11.1. The Kier molecular flexibility index (Phi) is 3.23. The van der Waals surface area contributed by atoms with Crippen LogP contribution in [0, 0.1) is 5.82 Å². The topological polar surface area (TPSA) is 60.2 Å². The molecular weight excluding hydrogens is 205 g/mol. The van der Waals surface area contributed by atoms with Crippen LogP contribution in [-0.2, 0) is 9.84 Å². The second kappa shape index (κ2) is 4.06. The molecule has 0 amide bonds. The maximum atomic E-state index is 12.8. The first-order valence-corrected chi connectivity index (χ1v) is 6.13. The third-order valence-electron chi connectivity index (χ3n) is 1.76. The minimum absolute atomic E-state index is 0.170. The van der Waals surface area contributed by atoms with Gasteiger partial charge in [0.05, 0.1) is 5.75 Å². The fourth-order valence-corrected chi connectivity index (χ4v) is 2.00. The summed E-state index contributed by atoms with van der Waals surface area (Å²) in [5, 5.41) is 0. The molecule has 0 radical (unpaired) electrons. The molecule has 2 N–H and O–H groups in total. The Morgan fingerprint density at radius 2 is 2.14 bits per heavy atom. The summed E-state index contributed by atoms with van der Waals surface area (Å²) in [6, 6.07) is 4.99. The molecule has 1 rings (SSSR count). The third kappa shape index (κ3) is 3.43. The molecule has 5 heteroatoms. The van der Waals surface area contributed by atoms with E-state index in [9.17, 15) is 12.8 Å². The van der Waals surface area contributed by atoms with E-state index < -0.39 is 21.7 Å². The normalized spacial score (nSPS) is 13.9. The van der Waals surface area contributed by atoms with Gasteiger partial charge in [0.25, 0.3) is 0 Å². The van der Waals surface area contributed by atoms with Crippen molar-refractivity contribution < 1.29 is 12.8 Å². The zero-order valence-electron chi connectivity index (χ0n) is 7.77.